The van der Waals surface area contributed by atoms with E-state index < -0.39 is 5.97 Å². The second kappa shape index (κ2) is 15.6. The molecule has 0 aliphatic rings. The number of aliphatic carboxylic acids is 1. The van der Waals surface area contributed by atoms with E-state index in [9.17, 15) is 9.90 Å². The molecule has 2 N–H and O–H groups in total. The zero-order valence-corrected chi connectivity index (χ0v) is 13.7. The van der Waals surface area contributed by atoms with Crippen LogP contribution in [0.4, 0.5) is 0 Å². The monoisotopic (exact) mass is 298 g/mol. The van der Waals surface area contributed by atoms with Gasteiger partial charge in [0, 0.05) is 6.42 Å². The summed E-state index contributed by atoms with van der Waals surface area (Å²) in [6.45, 7) is 2.09. The average Bonchev–Trinajstić information content (AvgIpc) is 2.44. The van der Waals surface area contributed by atoms with Gasteiger partial charge in [-0.15, -0.1) is 0 Å². The highest BCUT2D eigenvalue weighted by Crippen LogP contribution is 2.11. The van der Waals surface area contributed by atoms with Crippen LogP contribution in [0, 0.1) is 0 Å². The largest absolute Gasteiger partial charge is 0.481 e. The van der Waals surface area contributed by atoms with Gasteiger partial charge in [-0.1, -0.05) is 70.4 Å². The van der Waals surface area contributed by atoms with Gasteiger partial charge in [-0.05, 0) is 25.7 Å². The zero-order chi connectivity index (χ0) is 15.8. The fraction of sp³-hybridized carbons (Fsp3) is 0.833. The van der Waals surface area contributed by atoms with Crippen molar-refractivity contribution in [1.82, 2.24) is 0 Å². The Hall–Kier alpha value is -0.830. The van der Waals surface area contributed by atoms with Crippen molar-refractivity contribution < 1.29 is 15.0 Å². The highest BCUT2D eigenvalue weighted by atomic mass is 16.4. The Morgan fingerprint density at radius 3 is 2.00 bits per heavy atom. The summed E-state index contributed by atoms with van der Waals surface area (Å²) in [6, 6.07) is 0. The van der Waals surface area contributed by atoms with E-state index in [4.69, 9.17) is 5.11 Å². The first kappa shape index (κ1) is 20.2. The molecular formula is C18H34O3. The number of rotatable bonds is 15. The van der Waals surface area contributed by atoms with Gasteiger partial charge in [0.25, 0.3) is 0 Å². The molecular weight excluding hydrogens is 264 g/mol. The van der Waals surface area contributed by atoms with Gasteiger partial charge in [-0.2, -0.15) is 0 Å². The molecule has 0 bridgehead atoms. The fourth-order valence-electron chi connectivity index (χ4n) is 2.42. The molecule has 0 radical (unpaired) electrons. The Balaban J connectivity index is 3.14. The van der Waals surface area contributed by atoms with Gasteiger partial charge in [0.2, 0.25) is 0 Å². The van der Waals surface area contributed by atoms with Crippen molar-refractivity contribution in [1.29, 1.82) is 0 Å². The van der Waals surface area contributed by atoms with Crippen LogP contribution in [0.5, 0.6) is 0 Å². The lowest BCUT2D eigenvalue weighted by atomic mass is 10.1. The van der Waals surface area contributed by atoms with E-state index in [0.29, 0.717) is 6.42 Å². The third-order valence-corrected chi connectivity index (χ3v) is 3.70. The van der Waals surface area contributed by atoms with Crippen molar-refractivity contribution in [2.45, 2.75) is 96.5 Å². The number of carbonyl (C=O) groups is 1. The summed E-state index contributed by atoms with van der Waals surface area (Å²) < 4.78 is 0. The molecule has 124 valence electrons. The Bertz CT molecular complexity index is 261. The van der Waals surface area contributed by atoms with Crippen LogP contribution in [0.25, 0.3) is 0 Å². The van der Waals surface area contributed by atoms with E-state index in [1.807, 2.05) is 6.08 Å². The maximum absolute atomic E-state index is 10.3. The lowest BCUT2D eigenvalue weighted by Crippen LogP contribution is -1.99. The van der Waals surface area contributed by atoms with Gasteiger partial charge in [-0.3, -0.25) is 4.79 Å². The predicted octanol–water partition coefficient (Wildman–Crippen LogP) is 5.08. The van der Waals surface area contributed by atoms with Gasteiger partial charge >= 0.3 is 5.97 Å². The molecule has 0 saturated heterocycles. The van der Waals surface area contributed by atoms with Crippen molar-refractivity contribution in [2.75, 3.05) is 0 Å². The highest BCUT2D eigenvalue weighted by Gasteiger charge is 1.97. The van der Waals surface area contributed by atoms with Crippen LogP contribution >= 0.6 is 0 Å². The molecule has 0 fully saturated rings. The number of unbranched alkanes of at least 4 members (excludes halogenated alkanes) is 9. The third-order valence-electron chi connectivity index (χ3n) is 3.70. The van der Waals surface area contributed by atoms with E-state index in [0.717, 1.165) is 32.1 Å². The van der Waals surface area contributed by atoms with Gasteiger partial charge in [-0.25, -0.2) is 0 Å². The molecule has 0 aromatic carbocycles. The average molecular weight is 298 g/mol. The normalized spacial score (nSPS) is 12.9. The maximum atomic E-state index is 10.3. The smallest absolute Gasteiger partial charge is 0.303 e. The van der Waals surface area contributed by atoms with Crippen molar-refractivity contribution in [3.8, 4) is 0 Å². The summed E-state index contributed by atoms with van der Waals surface area (Å²) in [7, 11) is 0. The first-order valence-corrected chi connectivity index (χ1v) is 8.73. The Labute approximate surface area is 130 Å². The third kappa shape index (κ3) is 17.1. The summed E-state index contributed by atoms with van der Waals surface area (Å²) in [6.07, 6.45) is 17.7. The van der Waals surface area contributed by atoms with E-state index >= 15 is 0 Å². The molecule has 0 aliphatic heterocycles. The van der Waals surface area contributed by atoms with Crippen molar-refractivity contribution >= 4 is 5.97 Å². The molecule has 0 aromatic rings. The predicted molar refractivity (Wildman–Crippen MR) is 88.5 cm³/mol. The van der Waals surface area contributed by atoms with Crippen LogP contribution in [0.3, 0.4) is 0 Å². The molecule has 0 aliphatic carbocycles. The van der Waals surface area contributed by atoms with Crippen molar-refractivity contribution in [3.63, 3.8) is 0 Å². The second-order valence-corrected chi connectivity index (χ2v) is 5.90. The summed E-state index contributed by atoms with van der Waals surface area (Å²) in [5.41, 5.74) is 0. The Kier molecular flexibility index (Phi) is 14.9. The van der Waals surface area contributed by atoms with Crippen LogP contribution in [-0.4, -0.2) is 22.3 Å². The standard InChI is InChI=1S/C18H34O3/c1-2-14-17(19)15-12-10-8-6-4-3-5-7-9-11-13-16-18(20)21/h12,15,17,19H,2-11,13-14,16H2,1H3,(H,20,21). The number of hydrogen-bond acceptors (Lipinski definition) is 2. The fourth-order valence-corrected chi connectivity index (χ4v) is 2.42. The summed E-state index contributed by atoms with van der Waals surface area (Å²) in [5.74, 6) is -0.675. The molecule has 0 amide bonds. The first-order valence-electron chi connectivity index (χ1n) is 8.73. The lowest BCUT2D eigenvalue weighted by molar-refractivity contribution is -0.137. The van der Waals surface area contributed by atoms with Crippen LogP contribution in [0.15, 0.2) is 12.2 Å². The lowest BCUT2D eigenvalue weighted by Gasteiger charge is -2.02. The summed E-state index contributed by atoms with van der Waals surface area (Å²) in [5, 5.41) is 18.0. The van der Waals surface area contributed by atoms with E-state index in [1.54, 1.807) is 0 Å². The molecule has 0 aromatic heterocycles. The highest BCUT2D eigenvalue weighted by molar-refractivity contribution is 5.66. The van der Waals surface area contributed by atoms with Crippen LogP contribution in [-0.2, 0) is 4.79 Å². The minimum atomic E-state index is -0.675. The molecule has 21 heavy (non-hydrogen) atoms. The first-order chi connectivity index (χ1) is 10.2. The number of aliphatic hydroxyl groups excluding tert-OH is 1. The van der Waals surface area contributed by atoms with Crippen LogP contribution in [0.1, 0.15) is 90.4 Å². The molecule has 3 heteroatoms. The van der Waals surface area contributed by atoms with E-state index in [2.05, 4.69) is 13.0 Å². The quantitative estimate of drug-likeness (QED) is 0.327. The summed E-state index contributed by atoms with van der Waals surface area (Å²) in [4.78, 5) is 10.3. The molecule has 0 saturated carbocycles. The van der Waals surface area contributed by atoms with E-state index in [1.165, 1.54) is 44.9 Å². The van der Waals surface area contributed by atoms with Gasteiger partial charge in [0.05, 0.1) is 6.10 Å². The van der Waals surface area contributed by atoms with Crippen LogP contribution < -0.4 is 0 Å². The summed E-state index contributed by atoms with van der Waals surface area (Å²) >= 11 is 0. The second-order valence-electron chi connectivity index (χ2n) is 5.90. The van der Waals surface area contributed by atoms with Crippen LogP contribution in [0.2, 0.25) is 0 Å². The molecule has 0 spiro atoms. The molecule has 0 rings (SSSR count). The topological polar surface area (TPSA) is 57.5 Å². The number of carboxylic acids is 1. The minimum absolute atomic E-state index is 0.254. The number of hydrogen-bond donors (Lipinski definition) is 2. The Morgan fingerprint density at radius 2 is 1.48 bits per heavy atom. The van der Waals surface area contributed by atoms with Crippen molar-refractivity contribution in [2.24, 2.45) is 0 Å². The van der Waals surface area contributed by atoms with Crippen molar-refractivity contribution in [3.05, 3.63) is 12.2 Å². The SMILES string of the molecule is CCCC(O)C=CCCCCCCCCCCCC(=O)O. The zero-order valence-electron chi connectivity index (χ0n) is 13.7. The maximum Gasteiger partial charge on any atom is 0.303 e. The molecule has 1 unspecified atom stereocenters. The number of carboxylic acid groups (broad SMARTS) is 1. The van der Waals surface area contributed by atoms with Gasteiger partial charge in [0.1, 0.15) is 0 Å². The minimum Gasteiger partial charge on any atom is -0.481 e. The molecule has 0 heterocycles. The van der Waals surface area contributed by atoms with Gasteiger partial charge < -0.3 is 10.2 Å². The van der Waals surface area contributed by atoms with E-state index in [-0.39, 0.29) is 6.10 Å². The molecule has 1 atom stereocenters. The number of aliphatic hydroxyl groups is 1. The van der Waals surface area contributed by atoms with Gasteiger partial charge in [0.15, 0.2) is 0 Å². The molecule has 3 nitrogen and oxygen atoms in total. The Morgan fingerprint density at radius 1 is 0.952 bits per heavy atom. The number of allylic oxidation sites excluding steroid dienone is 1.